The zero-order valence-electron chi connectivity index (χ0n) is 12.0. The first-order chi connectivity index (χ1) is 10.2. The fraction of sp³-hybridized carbons (Fsp3) is 0.375. The normalized spacial score (nSPS) is 21.4. The Hall–Kier alpha value is -2.14. The molecule has 0 radical (unpaired) electrons. The summed E-state index contributed by atoms with van der Waals surface area (Å²) in [4.78, 5) is 28.8. The van der Waals surface area contributed by atoms with Crippen LogP contribution in [-0.4, -0.2) is 54.3 Å². The quantitative estimate of drug-likeness (QED) is 0.355. The minimum absolute atomic E-state index is 0.124. The number of hydrogen-bond acceptors (Lipinski definition) is 5. The number of ketones is 1. The Labute approximate surface area is 123 Å². The van der Waals surface area contributed by atoms with Crippen molar-refractivity contribution in [2.24, 2.45) is 0 Å². The van der Waals surface area contributed by atoms with E-state index in [4.69, 9.17) is 4.74 Å². The summed E-state index contributed by atoms with van der Waals surface area (Å²) in [6.07, 6.45) is 1.66. The maximum atomic E-state index is 12.4. The van der Waals surface area contributed by atoms with Crippen LogP contribution in [-0.2, 0) is 4.79 Å². The molecule has 0 aromatic heterocycles. The molecule has 1 aromatic carbocycles. The largest absolute Gasteiger partial charge is 0.422 e. The molecule has 5 heteroatoms. The number of likely N-dealkylation sites (N-methyl/N-ethyl adjacent to an activating group) is 1. The number of benzene rings is 1. The van der Waals surface area contributed by atoms with Crippen molar-refractivity contribution in [3.63, 3.8) is 0 Å². The first-order valence-electron chi connectivity index (χ1n) is 7.23. The number of para-hydroxylation sites is 1. The zero-order chi connectivity index (χ0) is 14.8. The van der Waals surface area contributed by atoms with E-state index < -0.39 is 5.97 Å². The molecule has 0 aliphatic carbocycles. The molecule has 2 aliphatic rings. The number of Topliss-reactive ketones (excluding diaryl/α,β-unsaturated/α-hetero) is 1. The first kappa shape index (κ1) is 13.8. The average molecular weight is 286 g/mol. The topological polar surface area (TPSA) is 49.9 Å². The molecule has 1 aromatic rings. The van der Waals surface area contributed by atoms with E-state index in [0.29, 0.717) is 11.3 Å². The minimum Gasteiger partial charge on any atom is -0.422 e. The maximum Gasteiger partial charge on any atom is 0.349 e. The summed E-state index contributed by atoms with van der Waals surface area (Å²) in [6.45, 7) is 6.69. The summed E-state index contributed by atoms with van der Waals surface area (Å²) >= 11 is 0. The van der Waals surface area contributed by atoms with Gasteiger partial charge in [0.05, 0.1) is 5.56 Å². The van der Waals surface area contributed by atoms with E-state index in [0.717, 1.165) is 32.7 Å². The number of esters is 1. The molecular formula is C16H18N2O3. The lowest BCUT2D eigenvalue weighted by molar-refractivity contribution is -0.130. The van der Waals surface area contributed by atoms with Gasteiger partial charge >= 0.3 is 5.97 Å². The predicted octanol–water partition coefficient (Wildman–Crippen LogP) is 1.31. The molecule has 0 amide bonds. The summed E-state index contributed by atoms with van der Waals surface area (Å²) in [7, 11) is 0. The standard InChI is InChI=1S/C16H18N2O3/c1-2-17-7-9-18(10-8-17)11-13-15(19)12-5-3-4-6-14(12)21-16(13)20/h3-6,11H,2,7-10H2,1H3/b13-11+. The number of rotatable bonds is 2. The van der Waals surface area contributed by atoms with E-state index in [1.165, 1.54) is 0 Å². The van der Waals surface area contributed by atoms with Gasteiger partial charge in [0.25, 0.3) is 0 Å². The highest BCUT2D eigenvalue weighted by Gasteiger charge is 2.31. The SMILES string of the molecule is CCN1CCN(/C=C2/C(=O)Oc3ccccc3C2=O)CC1. The van der Waals surface area contributed by atoms with E-state index in [9.17, 15) is 9.59 Å². The van der Waals surface area contributed by atoms with E-state index in [1.54, 1.807) is 30.5 Å². The Morgan fingerprint density at radius 3 is 2.57 bits per heavy atom. The number of nitrogens with zero attached hydrogens (tertiary/aromatic N) is 2. The second kappa shape index (κ2) is 5.69. The fourth-order valence-electron chi connectivity index (χ4n) is 2.64. The summed E-state index contributed by atoms with van der Waals surface area (Å²) in [5.41, 5.74) is 0.578. The monoisotopic (exact) mass is 286 g/mol. The van der Waals surface area contributed by atoms with E-state index >= 15 is 0 Å². The lowest BCUT2D eigenvalue weighted by Gasteiger charge is -2.33. The Balaban J connectivity index is 1.81. The number of carbonyl (C=O) groups is 2. The van der Waals surface area contributed by atoms with Crippen molar-refractivity contribution in [2.75, 3.05) is 32.7 Å². The van der Waals surface area contributed by atoms with Gasteiger partial charge in [0.1, 0.15) is 11.3 Å². The van der Waals surface area contributed by atoms with Crippen molar-refractivity contribution < 1.29 is 14.3 Å². The minimum atomic E-state index is -0.559. The zero-order valence-corrected chi connectivity index (χ0v) is 12.0. The van der Waals surface area contributed by atoms with Gasteiger partial charge in [-0.3, -0.25) is 4.79 Å². The number of piperazine rings is 1. The van der Waals surface area contributed by atoms with E-state index in [2.05, 4.69) is 11.8 Å². The molecule has 5 nitrogen and oxygen atoms in total. The van der Waals surface area contributed by atoms with Crippen LogP contribution >= 0.6 is 0 Å². The fourth-order valence-corrected chi connectivity index (χ4v) is 2.64. The molecule has 1 saturated heterocycles. The molecule has 110 valence electrons. The molecule has 0 bridgehead atoms. The molecule has 0 atom stereocenters. The van der Waals surface area contributed by atoms with Crippen LogP contribution in [0.25, 0.3) is 0 Å². The smallest absolute Gasteiger partial charge is 0.349 e. The maximum absolute atomic E-state index is 12.4. The van der Waals surface area contributed by atoms with Crippen molar-refractivity contribution in [1.82, 2.24) is 9.80 Å². The van der Waals surface area contributed by atoms with Crippen LogP contribution in [0.2, 0.25) is 0 Å². The van der Waals surface area contributed by atoms with Gasteiger partial charge in [0, 0.05) is 32.4 Å². The average Bonchev–Trinajstić information content (AvgIpc) is 2.52. The third-order valence-electron chi connectivity index (χ3n) is 3.96. The van der Waals surface area contributed by atoms with Gasteiger partial charge in [-0.2, -0.15) is 0 Å². The molecule has 0 N–H and O–H groups in total. The summed E-state index contributed by atoms with van der Waals surface area (Å²) < 4.78 is 5.23. The van der Waals surface area contributed by atoms with Crippen LogP contribution in [0.3, 0.4) is 0 Å². The highest BCUT2D eigenvalue weighted by molar-refractivity contribution is 6.27. The second-order valence-corrected chi connectivity index (χ2v) is 5.23. The molecule has 3 rings (SSSR count). The molecular weight excluding hydrogens is 268 g/mol. The predicted molar refractivity (Wildman–Crippen MR) is 78.2 cm³/mol. The lowest BCUT2D eigenvalue weighted by atomic mass is 10.0. The number of carbonyl (C=O) groups excluding carboxylic acids is 2. The third kappa shape index (κ3) is 2.69. The summed E-state index contributed by atoms with van der Waals surface area (Å²) in [5, 5.41) is 0. The van der Waals surface area contributed by atoms with Gasteiger partial charge in [0.2, 0.25) is 5.78 Å². The van der Waals surface area contributed by atoms with Gasteiger partial charge in [-0.25, -0.2) is 4.79 Å². The van der Waals surface area contributed by atoms with Crippen LogP contribution < -0.4 is 4.74 Å². The Bertz CT molecular complexity index is 601. The van der Waals surface area contributed by atoms with Crippen LogP contribution in [0.5, 0.6) is 5.75 Å². The van der Waals surface area contributed by atoms with Crippen molar-refractivity contribution in [3.8, 4) is 5.75 Å². The summed E-state index contributed by atoms with van der Waals surface area (Å²) in [6, 6.07) is 6.85. The Kier molecular flexibility index (Phi) is 3.75. The van der Waals surface area contributed by atoms with Crippen molar-refractivity contribution >= 4 is 11.8 Å². The second-order valence-electron chi connectivity index (χ2n) is 5.23. The molecule has 2 aliphatic heterocycles. The molecule has 0 unspecified atom stereocenters. The lowest BCUT2D eigenvalue weighted by Crippen LogP contribution is -2.44. The van der Waals surface area contributed by atoms with Crippen molar-refractivity contribution in [2.45, 2.75) is 6.92 Å². The van der Waals surface area contributed by atoms with Gasteiger partial charge < -0.3 is 14.5 Å². The highest BCUT2D eigenvalue weighted by Crippen LogP contribution is 2.27. The van der Waals surface area contributed by atoms with Crippen LogP contribution in [0.1, 0.15) is 17.3 Å². The van der Waals surface area contributed by atoms with Crippen LogP contribution in [0.4, 0.5) is 0 Å². The van der Waals surface area contributed by atoms with Gasteiger partial charge in [-0.1, -0.05) is 19.1 Å². The van der Waals surface area contributed by atoms with Gasteiger partial charge in [0.15, 0.2) is 0 Å². The molecule has 1 fully saturated rings. The molecule has 21 heavy (non-hydrogen) atoms. The van der Waals surface area contributed by atoms with Crippen LogP contribution in [0.15, 0.2) is 36.0 Å². The molecule has 2 heterocycles. The van der Waals surface area contributed by atoms with E-state index in [-0.39, 0.29) is 11.4 Å². The van der Waals surface area contributed by atoms with E-state index in [1.807, 2.05) is 4.90 Å². The first-order valence-corrected chi connectivity index (χ1v) is 7.23. The van der Waals surface area contributed by atoms with Crippen molar-refractivity contribution in [3.05, 3.63) is 41.6 Å². The van der Waals surface area contributed by atoms with Gasteiger partial charge in [-0.05, 0) is 18.7 Å². The van der Waals surface area contributed by atoms with Crippen molar-refractivity contribution in [1.29, 1.82) is 0 Å². The number of hydrogen-bond donors (Lipinski definition) is 0. The summed E-state index contributed by atoms with van der Waals surface area (Å²) in [5.74, 6) is -0.461. The molecule has 0 spiro atoms. The van der Waals surface area contributed by atoms with Gasteiger partial charge in [-0.15, -0.1) is 0 Å². The number of fused-ring (bicyclic) bond motifs is 1. The number of ether oxygens (including phenoxy) is 1. The van der Waals surface area contributed by atoms with Crippen LogP contribution in [0, 0.1) is 0 Å². The Morgan fingerprint density at radius 1 is 1.14 bits per heavy atom. The Morgan fingerprint density at radius 2 is 1.86 bits per heavy atom. The molecule has 0 saturated carbocycles. The highest BCUT2D eigenvalue weighted by atomic mass is 16.5. The third-order valence-corrected chi connectivity index (χ3v) is 3.96.